The molecule has 2 atom stereocenters. The van der Waals surface area contributed by atoms with Crippen LogP contribution in [-0.2, 0) is 11.3 Å². The lowest BCUT2D eigenvalue weighted by Gasteiger charge is -2.34. The number of rotatable bonds is 5. The normalized spacial score (nSPS) is 21.7. The third kappa shape index (κ3) is 3.88. The van der Waals surface area contributed by atoms with Crippen LogP contribution in [0.4, 0.5) is 0 Å². The van der Waals surface area contributed by atoms with E-state index in [2.05, 4.69) is 24.1 Å². The molecule has 2 heterocycles. The summed E-state index contributed by atoms with van der Waals surface area (Å²) in [6, 6.07) is 5.91. The van der Waals surface area contributed by atoms with E-state index < -0.39 is 0 Å². The van der Waals surface area contributed by atoms with Gasteiger partial charge in [-0.25, -0.2) is 4.98 Å². The summed E-state index contributed by atoms with van der Waals surface area (Å²) < 4.78 is 16.5. The summed E-state index contributed by atoms with van der Waals surface area (Å²) in [6.45, 7) is 7.01. The first-order valence-corrected chi connectivity index (χ1v) is 9.01. The maximum Gasteiger partial charge on any atom is 0.161 e. The second-order valence-corrected chi connectivity index (χ2v) is 7.02. The molecule has 0 radical (unpaired) electrons. The van der Waals surface area contributed by atoms with Crippen LogP contribution in [-0.4, -0.2) is 49.4 Å². The predicted octanol–water partition coefficient (Wildman–Crippen LogP) is 3.44. The van der Waals surface area contributed by atoms with Crippen LogP contribution < -0.4 is 9.47 Å². The van der Waals surface area contributed by atoms with Crippen LogP contribution in [0.5, 0.6) is 11.5 Å². The van der Waals surface area contributed by atoms with Crippen molar-refractivity contribution in [2.45, 2.75) is 32.6 Å². The third-order valence-electron chi connectivity index (χ3n) is 4.06. The summed E-state index contributed by atoms with van der Waals surface area (Å²) in [5.74, 6) is 1.46. The summed E-state index contributed by atoms with van der Waals surface area (Å²) in [5, 5.41) is 3.14. The fourth-order valence-electron chi connectivity index (χ4n) is 3.12. The zero-order chi connectivity index (χ0) is 17.1. The first-order chi connectivity index (χ1) is 11.6. The highest BCUT2D eigenvalue weighted by Gasteiger charge is 2.22. The molecule has 0 spiro atoms. The minimum atomic E-state index is 0.276. The average molecular weight is 348 g/mol. The lowest BCUT2D eigenvalue weighted by Crippen LogP contribution is -2.44. The first kappa shape index (κ1) is 17.2. The van der Waals surface area contributed by atoms with Gasteiger partial charge in [-0.3, -0.25) is 4.90 Å². The van der Waals surface area contributed by atoms with Gasteiger partial charge in [-0.15, -0.1) is 11.3 Å². The lowest BCUT2D eigenvalue weighted by molar-refractivity contribution is -0.0707. The van der Waals surface area contributed by atoms with E-state index in [-0.39, 0.29) is 12.2 Å². The molecule has 2 aromatic rings. The zero-order valence-electron chi connectivity index (χ0n) is 14.6. The Hall–Kier alpha value is -1.63. The Kier molecular flexibility index (Phi) is 5.38. The minimum Gasteiger partial charge on any atom is -0.493 e. The second-order valence-electron chi connectivity index (χ2n) is 6.17. The SMILES string of the molecule is COc1ccc(-c2nc(CN3CC(C)OC(C)C3)cs2)cc1OC. The summed E-state index contributed by atoms with van der Waals surface area (Å²) >= 11 is 1.66. The van der Waals surface area contributed by atoms with Gasteiger partial charge in [0.2, 0.25) is 0 Å². The molecule has 0 aliphatic carbocycles. The van der Waals surface area contributed by atoms with Crippen LogP contribution in [0.15, 0.2) is 23.6 Å². The molecule has 1 aromatic carbocycles. The molecule has 1 aromatic heterocycles. The minimum absolute atomic E-state index is 0.276. The van der Waals surface area contributed by atoms with Crippen LogP contribution in [0.3, 0.4) is 0 Å². The van der Waals surface area contributed by atoms with E-state index in [1.165, 1.54) is 0 Å². The summed E-state index contributed by atoms with van der Waals surface area (Å²) in [5.41, 5.74) is 2.15. The van der Waals surface area contributed by atoms with Crippen molar-refractivity contribution >= 4 is 11.3 Å². The summed E-state index contributed by atoms with van der Waals surface area (Å²) in [4.78, 5) is 7.20. The van der Waals surface area contributed by atoms with Gasteiger partial charge in [0.15, 0.2) is 11.5 Å². The number of morpholine rings is 1. The number of methoxy groups -OCH3 is 2. The van der Waals surface area contributed by atoms with Crippen molar-refractivity contribution in [3.8, 4) is 22.1 Å². The molecule has 1 aliphatic rings. The van der Waals surface area contributed by atoms with E-state index in [4.69, 9.17) is 19.2 Å². The molecule has 0 saturated carbocycles. The number of ether oxygens (including phenoxy) is 3. The molecule has 6 heteroatoms. The highest BCUT2D eigenvalue weighted by molar-refractivity contribution is 7.13. The van der Waals surface area contributed by atoms with Crippen molar-refractivity contribution < 1.29 is 14.2 Å². The molecular formula is C18H24N2O3S. The molecule has 1 fully saturated rings. The molecular weight excluding hydrogens is 324 g/mol. The third-order valence-corrected chi connectivity index (χ3v) is 5.00. The van der Waals surface area contributed by atoms with Crippen LogP contribution in [0, 0.1) is 0 Å². The highest BCUT2D eigenvalue weighted by atomic mass is 32.1. The number of thiazole rings is 1. The molecule has 0 amide bonds. The molecule has 1 aliphatic heterocycles. The van der Waals surface area contributed by atoms with Crippen molar-refractivity contribution in [2.24, 2.45) is 0 Å². The van der Waals surface area contributed by atoms with Gasteiger partial charge in [0, 0.05) is 30.6 Å². The Morgan fingerprint density at radius 3 is 2.54 bits per heavy atom. The predicted molar refractivity (Wildman–Crippen MR) is 95.9 cm³/mol. The van der Waals surface area contributed by atoms with E-state index in [1.807, 2.05) is 18.2 Å². The van der Waals surface area contributed by atoms with Crippen molar-refractivity contribution in [1.29, 1.82) is 0 Å². The summed E-state index contributed by atoms with van der Waals surface area (Å²) in [6.07, 6.45) is 0.551. The van der Waals surface area contributed by atoms with Gasteiger partial charge in [-0.05, 0) is 32.0 Å². The highest BCUT2D eigenvalue weighted by Crippen LogP contribution is 2.33. The van der Waals surface area contributed by atoms with Crippen LogP contribution in [0.1, 0.15) is 19.5 Å². The monoisotopic (exact) mass is 348 g/mol. The van der Waals surface area contributed by atoms with E-state index in [0.717, 1.165) is 47.4 Å². The van der Waals surface area contributed by atoms with Gasteiger partial charge in [0.1, 0.15) is 5.01 Å². The quantitative estimate of drug-likeness (QED) is 0.828. The average Bonchev–Trinajstić information content (AvgIpc) is 3.01. The Morgan fingerprint density at radius 1 is 1.17 bits per heavy atom. The molecule has 24 heavy (non-hydrogen) atoms. The number of aromatic nitrogens is 1. The molecule has 2 unspecified atom stereocenters. The van der Waals surface area contributed by atoms with Crippen LogP contribution >= 0.6 is 11.3 Å². The number of benzene rings is 1. The fourth-order valence-corrected chi connectivity index (χ4v) is 3.93. The molecule has 0 N–H and O–H groups in total. The van der Waals surface area contributed by atoms with Crippen LogP contribution in [0.2, 0.25) is 0 Å². The summed E-state index contributed by atoms with van der Waals surface area (Å²) in [7, 11) is 3.29. The number of nitrogens with zero attached hydrogens (tertiary/aromatic N) is 2. The second kappa shape index (κ2) is 7.51. The maximum absolute atomic E-state index is 5.79. The van der Waals surface area contributed by atoms with E-state index in [0.29, 0.717) is 0 Å². The molecule has 5 nitrogen and oxygen atoms in total. The fraction of sp³-hybridized carbons (Fsp3) is 0.500. The Bertz CT molecular complexity index is 679. The van der Waals surface area contributed by atoms with E-state index in [9.17, 15) is 0 Å². The molecule has 1 saturated heterocycles. The Balaban J connectivity index is 1.73. The van der Waals surface area contributed by atoms with E-state index in [1.54, 1.807) is 25.6 Å². The van der Waals surface area contributed by atoms with Gasteiger partial charge in [-0.2, -0.15) is 0 Å². The van der Waals surface area contributed by atoms with Gasteiger partial charge in [0.25, 0.3) is 0 Å². The van der Waals surface area contributed by atoms with Crippen LogP contribution in [0.25, 0.3) is 10.6 Å². The largest absolute Gasteiger partial charge is 0.493 e. The zero-order valence-corrected chi connectivity index (χ0v) is 15.4. The van der Waals surface area contributed by atoms with Crippen molar-refractivity contribution in [3.63, 3.8) is 0 Å². The van der Waals surface area contributed by atoms with Gasteiger partial charge in [0.05, 0.1) is 32.1 Å². The molecule has 0 bridgehead atoms. The van der Waals surface area contributed by atoms with Gasteiger partial charge < -0.3 is 14.2 Å². The van der Waals surface area contributed by atoms with Gasteiger partial charge >= 0.3 is 0 Å². The van der Waals surface area contributed by atoms with E-state index >= 15 is 0 Å². The molecule has 130 valence electrons. The van der Waals surface area contributed by atoms with Crippen molar-refractivity contribution in [2.75, 3.05) is 27.3 Å². The number of hydrogen-bond acceptors (Lipinski definition) is 6. The lowest BCUT2D eigenvalue weighted by atomic mass is 10.2. The smallest absolute Gasteiger partial charge is 0.161 e. The Morgan fingerprint density at radius 2 is 1.88 bits per heavy atom. The maximum atomic E-state index is 5.79. The topological polar surface area (TPSA) is 43.8 Å². The van der Waals surface area contributed by atoms with Crippen molar-refractivity contribution in [1.82, 2.24) is 9.88 Å². The van der Waals surface area contributed by atoms with Crippen molar-refractivity contribution in [3.05, 3.63) is 29.3 Å². The standard InChI is InChI=1S/C18H24N2O3S/c1-12-8-20(9-13(2)23-12)10-15-11-24-18(19-15)14-5-6-16(21-3)17(7-14)22-4/h5-7,11-13H,8-10H2,1-4H3. The molecule has 3 rings (SSSR count). The Labute approximate surface area is 147 Å². The number of hydrogen-bond donors (Lipinski definition) is 0. The first-order valence-electron chi connectivity index (χ1n) is 8.13. The van der Waals surface area contributed by atoms with Gasteiger partial charge in [-0.1, -0.05) is 0 Å².